The van der Waals surface area contributed by atoms with Gasteiger partial charge in [-0.1, -0.05) is 50.9 Å². The molecule has 6 nitrogen and oxygen atoms in total. The van der Waals surface area contributed by atoms with Crippen molar-refractivity contribution in [3.8, 4) is 5.75 Å². The molecule has 30 heavy (non-hydrogen) atoms. The largest absolute Gasteiger partial charge is 0.492 e. The highest BCUT2D eigenvalue weighted by atomic mass is 79.9. The van der Waals surface area contributed by atoms with Crippen molar-refractivity contribution < 1.29 is 18.3 Å². The average molecular weight is 535 g/mol. The van der Waals surface area contributed by atoms with Gasteiger partial charge in [0.25, 0.3) is 5.22 Å². The third kappa shape index (κ3) is 6.87. The number of anilines is 1. The van der Waals surface area contributed by atoms with Crippen LogP contribution < -0.4 is 10.1 Å². The van der Waals surface area contributed by atoms with Crippen LogP contribution in [0.4, 0.5) is 10.1 Å². The van der Waals surface area contributed by atoms with E-state index < -0.39 is 5.82 Å². The quantitative estimate of drug-likeness (QED) is 0.267. The molecule has 158 valence electrons. The van der Waals surface area contributed by atoms with E-state index in [2.05, 4.69) is 31.4 Å². The number of carbonyl (C=O) groups excluding carboxylic acids is 1. The molecule has 11 heteroatoms. The van der Waals surface area contributed by atoms with Crippen LogP contribution in [-0.4, -0.2) is 28.5 Å². The normalized spacial score (nSPS) is 10.8. The number of hydrogen-bond acceptors (Lipinski definition) is 6. The molecular weight excluding hydrogens is 520 g/mol. The SMILES string of the molecule is O=C(CSc1nnc(CCCOc2ccc(Cl)cc2Cl)o1)Nc1ccc(Br)cc1F. The number of rotatable bonds is 9. The van der Waals surface area contributed by atoms with Gasteiger partial charge in [0.15, 0.2) is 0 Å². The highest BCUT2D eigenvalue weighted by Gasteiger charge is 2.12. The third-order valence-corrected chi connectivity index (χ3v) is 5.51. The van der Waals surface area contributed by atoms with Gasteiger partial charge in [-0.2, -0.15) is 0 Å². The van der Waals surface area contributed by atoms with E-state index in [0.29, 0.717) is 45.6 Å². The molecule has 1 N–H and O–H groups in total. The maximum absolute atomic E-state index is 13.8. The van der Waals surface area contributed by atoms with Crippen molar-refractivity contribution in [2.75, 3.05) is 17.7 Å². The molecule has 1 heterocycles. The Kier molecular flexibility index (Phi) is 8.38. The molecule has 0 spiro atoms. The number of aromatic nitrogens is 2. The molecular formula is C19H15BrCl2FN3O3S. The van der Waals surface area contributed by atoms with Crippen molar-refractivity contribution in [3.63, 3.8) is 0 Å². The zero-order chi connectivity index (χ0) is 21.5. The molecule has 0 aliphatic rings. The number of amides is 1. The minimum atomic E-state index is -0.523. The second kappa shape index (κ2) is 11.0. The third-order valence-electron chi connectivity index (χ3n) is 3.67. The maximum atomic E-state index is 13.8. The first-order valence-electron chi connectivity index (χ1n) is 8.68. The number of nitrogens with zero attached hydrogens (tertiary/aromatic N) is 2. The number of nitrogens with one attached hydrogen (secondary N) is 1. The summed E-state index contributed by atoms with van der Waals surface area (Å²) in [5.41, 5.74) is 0.107. The fraction of sp³-hybridized carbons (Fsp3) is 0.211. The molecule has 0 saturated heterocycles. The second-order valence-electron chi connectivity index (χ2n) is 5.95. The number of aryl methyl sites for hydroxylation is 1. The predicted molar refractivity (Wildman–Crippen MR) is 118 cm³/mol. The smallest absolute Gasteiger partial charge is 0.277 e. The molecule has 3 rings (SSSR count). The zero-order valence-corrected chi connectivity index (χ0v) is 19.2. The Balaban J connectivity index is 1.39. The van der Waals surface area contributed by atoms with E-state index in [1.165, 1.54) is 12.1 Å². The van der Waals surface area contributed by atoms with Gasteiger partial charge in [-0.25, -0.2) is 4.39 Å². The summed E-state index contributed by atoms with van der Waals surface area (Å²) < 4.78 is 25.4. The number of ether oxygens (including phenoxy) is 1. The molecule has 0 atom stereocenters. The lowest BCUT2D eigenvalue weighted by Gasteiger charge is -2.07. The van der Waals surface area contributed by atoms with E-state index in [0.717, 1.165) is 11.8 Å². The minimum absolute atomic E-state index is 0.00924. The zero-order valence-electron chi connectivity index (χ0n) is 15.3. The number of hydrogen-bond donors (Lipinski definition) is 1. The topological polar surface area (TPSA) is 77.2 Å². The lowest BCUT2D eigenvalue weighted by atomic mass is 10.3. The van der Waals surface area contributed by atoms with Gasteiger partial charge in [0.05, 0.1) is 23.1 Å². The predicted octanol–water partition coefficient (Wildman–Crippen LogP) is 6.02. The van der Waals surface area contributed by atoms with Crippen LogP contribution in [0, 0.1) is 5.82 Å². The van der Waals surface area contributed by atoms with Crippen LogP contribution in [0.15, 0.2) is 50.5 Å². The van der Waals surface area contributed by atoms with E-state index in [4.69, 9.17) is 32.4 Å². The summed E-state index contributed by atoms with van der Waals surface area (Å²) in [5.74, 6) is 0.0906. The lowest BCUT2D eigenvalue weighted by Crippen LogP contribution is -2.15. The summed E-state index contributed by atoms with van der Waals surface area (Å²) >= 11 is 16.1. The molecule has 0 bridgehead atoms. The van der Waals surface area contributed by atoms with Gasteiger partial charge in [-0.3, -0.25) is 4.79 Å². The number of carbonyl (C=O) groups is 1. The Morgan fingerprint density at radius 1 is 1.23 bits per heavy atom. The van der Waals surface area contributed by atoms with E-state index in [1.807, 2.05) is 0 Å². The van der Waals surface area contributed by atoms with E-state index >= 15 is 0 Å². The standard InChI is InChI=1S/C19H15BrCl2FN3O3S/c20-11-3-5-15(14(23)8-11)24-17(27)10-30-19-26-25-18(29-19)2-1-7-28-16-6-4-12(21)9-13(16)22/h3-6,8-9H,1-2,7,10H2,(H,24,27). The monoisotopic (exact) mass is 533 g/mol. The Hall–Kier alpha value is -1.81. The van der Waals surface area contributed by atoms with Gasteiger partial charge in [0, 0.05) is 15.9 Å². The Morgan fingerprint density at radius 3 is 2.83 bits per heavy atom. The fourth-order valence-electron chi connectivity index (χ4n) is 2.30. The van der Waals surface area contributed by atoms with Crippen molar-refractivity contribution in [1.82, 2.24) is 10.2 Å². The molecule has 0 radical (unpaired) electrons. The van der Waals surface area contributed by atoms with Gasteiger partial charge in [-0.15, -0.1) is 10.2 Å². The molecule has 1 amide bonds. The summed E-state index contributed by atoms with van der Waals surface area (Å²) in [6.07, 6.45) is 1.14. The van der Waals surface area contributed by atoms with Gasteiger partial charge in [0.2, 0.25) is 11.8 Å². The maximum Gasteiger partial charge on any atom is 0.277 e. The van der Waals surface area contributed by atoms with Crippen LogP contribution in [0.3, 0.4) is 0 Å². The number of halogens is 4. The van der Waals surface area contributed by atoms with Gasteiger partial charge >= 0.3 is 0 Å². The highest BCUT2D eigenvalue weighted by molar-refractivity contribution is 9.10. The van der Waals surface area contributed by atoms with Crippen LogP contribution in [0.2, 0.25) is 10.0 Å². The molecule has 3 aromatic rings. The van der Waals surface area contributed by atoms with Crippen LogP contribution in [0.25, 0.3) is 0 Å². The van der Waals surface area contributed by atoms with Crippen LogP contribution >= 0.6 is 50.9 Å². The first-order chi connectivity index (χ1) is 14.4. The van der Waals surface area contributed by atoms with Crippen LogP contribution in [0.1, 0.15) is 12.3 Å². The van der Waals surface area contributed by atoms with Crippen LogP contribution in [-0.2, 0) is 11.2 Å². The van der Waals surface area contributed by atoms with Crippen molar-refractivity contribution in [2.24, 2.45) is 0 Å². The first kappa shape index (κ1) is 22.9. The molecule has 0 unspecified atom stereocenters. The van der Waals surface area contributed by atoms with E-state index in [1.54, 1.807) is 24.3 Å². The van der Waals surface area contributed by atoms with Crippen LogP contribution in [0.5, 0.6) is 5.75 Å². The summed E-state index contributed by atoms with van der Waals surface area (Å²) in [5, 5.41) is 11.6. The summed E-state index contributed by atoms with van der Waals surface area (Å²) in [7, 11) is 0. The van der Waals surface area contributed by atoms with E-state index in [-0.39, 0.29) is 22.6 Å². The van der Waals surface area contributed by atoms with E-state index in [9.17, 15) is 9.18 Å². The van der Waals surface area contributed by atoms with Gasteiger partial charge in [-0.05, 0) is 42.8 Å². The summed E-state index contributed by atoms with van der Waals surface area (Å²) in [6, 6.07) is 9.41. The molecule has 0 aliphatic heterocycles. The Bertz CT molecular complexity index is 1040. The summed E-state index contributed by atoms with van der Waals surface area (Å²) in [4.78, 5) is 12.0. The first-order valence-corrected chi connectivity index (χ1v) is 11.2. The Labute approximate surface area is 194 Å². The molecule has 0 saturated carbocycles. The second-order valence-corrected chi connectivity index (χ2v) is 8.64. The molecule has 1 aromatic heterocycles. The molecule has 0 fully saturated rings. The van der Waals surface area contributed by atoms with Crippen molar-refractivity contribution >= 4 is 62.5 Å². The minimum Gasteiger partial charge on any atom is -0.492 e. The average Bonchev–Trinajstić information content (AvgIpc) is 3.15. The van der Waals surface area contributed by atoms with Crippen molar-refractivity contribution in [1.29, 1.82) is 0 Å². The Morgan fingerprint density at radius 2 is 2.07 bits per heavy atom. The van der Waals surface area contributed by atoms with Gasteiger partial charge < -0.3 is 14.5 Å². The highest BCUT2D eigenvalue weighted by Crippen LogP contribution is 2.27. The fourth-order valence-corrected chi connectivity index (χ4v) is 3.68. The lowest BCUT2D eigenvalue weighted by molar-refractivity contribution is -0.113. The molecule has 2 aromatic carbocycles. The summed E-state index contributed by atoms with van der Waals surface area (Å²) in [6.45, 7) is 0.410. The van der Waals surface area contributed by atoms with Gasteiger partial charge in [0.1, 0.15) is 11.6 Å². The molecule has 0 aliphatic carbocycles. The number of benzene rings is 2. The van der Waals surface area contributed by atoms with Crippen molar-refractivity contribution in [3.05, 3.63) is 62.6 Å². The number of thioether (sulfide) groups is 1. The van der Waals surface area contributed by atoms with Crippen molar-refractivity contribution in [2.45, 2.75) is 18.1 Å².